The van der Waals surface area contributed by atoms with Gasteiger partial charge in [0, 0.05) is 16.8 Å². The molecule has 9 heteroatoms. The largest absolute Gasteiger partial charge is 0.465 e. The van der Waals surface area contributed by atoms with Crippen molar-refractivity contribution >= 4 is 40.1 Å². The minimum Gasteiger partial charge on any atom is -0.465 e. The highest BCUT2D eigenvalue weighted by atomic mass is 32.2. The number of thioether (sulfide) groups is 1. The van der Waals surface area contributed by atoms with Gasteiger partial charge in [-0.1, -0.05) is 25.6 Å². The van der Waals surface area contributed by atoms with Gasteiger partial charge in [0.1, 0.15) is 0 Å². The average Bonchev–Trinajstić information content (AvgIpc) is 3.11. The third-order valence-electron chi connectivity index (χ3n) is 4.08. The predicted octanol–water partition coefficient (Wildman–Crippen LogP) is 3.75. The summed E-state index contributed by atoms with van der Waals surface area (Å²) in [7, 11) is 1.28. The number of carbonyl (C=O) groups is 1. The van der Waals surface area contributed by atoms with Crippen LogP contribution in [0.3, 0.4) is 0 Å². The van der Waals surface area contributed by atoms with Crippen LogP contribution < -0.4 is 5.56 Å². The van der Waals surface area contributed by atoms with Gasteiger partial charge in [0.05, 0.1) is 28.8 Å². The molecule has 1 N–H and O–H groups in total. The van der Waals surface area contributed by atoms with E-state index in [-0.39, 0.29) is 16.6 Å². The standard InChI is InChI=1S/C19H22N4O3S2/c1-10(2)5-6-14-21-12(8-27-14)9-28-19-22-16-15(17(24)23-19)13(18(25)26-4)7-11(3)20-16/h7-8,10H,5-6,9H2,1-4H3,(H,20,22,23,24). The van der Waals surface area contributed by atoms with E-state index in [1.807, 2.05) is 5.38 Å². The van der Waals surface area contributed by atoms with Crippen LogP contribution in [0.1, 0.15) is 47.0 Å². The first-order valence-corrected chi connectivity index (χ1v) is 10.8. The van der Waals surface area contributed by atoms with Gasteiger partial charge in [-0.25, -0.2) is 19.7 Å². The number of aromatic nitrogens is 4. The number of nitrogens with zero attached hydrogens (tertiary/aromatic N) is 3. The lowest BCUT2D eigenvalue weighted by Crippen LogP contribution is -2.16. The second-order valence-corrected chi connectivity index (χ2v) is 8.73. The molecule has 0 aliphatic rings. The third kappa shape index (κ3) is 4.77. The number of H-pyrrole nitrogens is 1. The van der Waals surface area contributed by atoms with Gasteiger partial charge in [0.25, 0.3) is 5.56 Å². The van der Waals surface area contributed by atoms with E-state index in [1.54, 1.807) is 18.3 Å². The zero-order chi connectivity index (χ0) is 20.3. The van der Waals surface area contributed by atoms with E-state index in [1.165, 1.54) is 24.9 Å². The highest BCUT2D eigenvalue weighted by molar-refractivity contribution is 7.98. The Labute approximate surface area is 171 Å². The third-order valence-corrected chi connectivity index (χ3v) is 5.94. The van der Waals surface area contributed by atoms with E-state index < -0.39 is 11.5 Å². The monoisotopic (exact) mass is 418 g/mol. The second-order valence-electron chi connectivity index (χ2n) is 6.83. The Balaban J connectivity index is 1.81. The number of pyridine rings is 1. The lowest BCUT2D eigenvalue weighted by atomic mass is 10.1. The number of hydrogen-bond acceptors (Lipinski definition) is 8. The van der Waals surface area contributed by atoms with Crippen LogP contribution in [0.5, 0.6) is 0 Å². The fraction of sp³-hybridized carbons (Fsp3) is 0.421. The number of aryl methyl sites for hydroxylation is 2. The molecule has 0 atom stereocenters. The van der Waals surface area contributed by atoms with Crippen LogP contribution in [0, 0.1) is 12.8 Å². The molecule has 28 heavy (non-hydrogen) atoms. The van der Waals surface area contributed by atoms with Crippen LogP contribution in [-0.2, 0) is 16.9 Å². The van der Waals surface area contributed by atoms with Gasteiger partial charge < -0.3 is 9.72 Å². The quantitative estimate of drug-likeness (QED) is 0.354. The Bertz CT molecular complexity index is 1060. The number of esters is 1. The van der Waals surface area contributed by atoms with Crippen LogP contribution in [0.15, 0.2) is 21.4 Å². The van der Waals surface area contributed by atoms with Crippen molar-refractivity contribution in [2.75, 3.05) is 7.11 Å². The second kappa shape index (κ2) is 8.83. The number of fused-ring (bicyclic) bond motifs is 1. The van der Waals surface area contributed by atoms with E-state index in [0.717, 1.165) is 23.5 Å². The first-order valence-electron chi connectivity index (χ1n) is 8.93. The van der Waals surface area contributed by atoms with Crippen molar-refractivity contribution in [3.63, 3.8) is 0 Å². The van der Waals surface area contributed by atoms with Crippen LogP contribution in [0.25, 0.3) is 11.0 Å². The highest BCUT2D eigenvalue weighted by Gasteiger charge is 2.17. The molecule has 0 aliphatic carbocycles. The Morgan fingerprint density at radius 1 is 1.32 bits per heavy atom. The van der Waals surface area contributed by atoms with E-state index in [0.29, 0.717) is 22.5 Å². The molecule has 0 saturated carbocycles. The molecule has 0 bridgehead atoms. The molecule has 0 spiro atoms. The molecule has 0 radical (unpaired) electrons. The van der Waals surface area contributed by atoms with Gasteiger partial charge in [-0.2, -0.15) is 0 Å². The fourth-order valence-corrected chi connectivity index (χ4v) is 4.34. The van der Waals surface area contributed by atoms with Crippen LogP contribution in [0.4, 0.5) is 0 Å². The van der Waals surface area contributed by atoms with Gasteiger partial charge >= 0.3 is 5.97 Å². The van der Waals surface area contributed by atoms with Crippen molar-refractivity contribution in [2.24, 2.45) is 5.92 Å². The lowest BCUT2D eigenvalue weighted by Gasteiger charge is -2.06. The topological polar surface area (TPSA) is 97.8 Å². The minimum atomic E-state index is -0.584. The van der Waals surface area contributed by atoms with Crippen molar-refractivity contribution in [3.05, 3.63) is 43.8 Å². The molecule has 0 unspecified atom stereocenters. The van der Waals surface area contributed by atoms with Crippen molar-refractivity contribution in [2.45, 2.75) is 44.5 Å². The van der Waals surface area contributed by atoms with Gasteiger partial charge in [0.15, 0.2) is 10.8 Å². The molecule has 0 aliphatic heterocycles. The summed E-state index contributed by atoms with van der Waals surface area (Å²) in [4.78, 5) is 40.6. The molecule has 3 heterocycles. The van der Waals surface area contributed by atoms with E-state index in [9.17, 15) is 9.59 Å². The zero-order valence-corrected chi connectivity index (χ0v) is 17.9. The zero-order valence-electron chi connectivity index (χ0n) is 16.2. The number of hydrogen-bond donors (Lipinski definition) is 1. The summed E-state index contributed by atoms with van der Waals surface area (Å²) in [6, 6.07) is 1.53. The normalized spacial score (nSPS) is 11.3. The first-order chi connectivity index (χ1) is 13.4. The molecule has 3 aromatic heterocycles. The lowest BCUT2D eigenvalue weighted by molar-refractivity contribution is 0.0602. The molecule has 0 aromatic carbocycles. The van der Waals surface area contributed by atoms with Gasteiger partial charge in [-0.3, -0.25) is 4.79 Å². The van der Waals surface area contributed by atoms with Gasteiger partial charge in [-0.05, 0) is 31.7 Å². The molecule has 3 aromatic rings. The smallest absolute Gasteiger partial charge is 0.338 e. The van der Waals surface area contributed by atoms with Gasteiger partial charge in [0.2, 0.25) is 0 Å². The molecule has 3 rings (SSSR count). The van der Waals surface area contributed by atoms with Crippen molar-refractivity contribution in [1.82, 2.24) is 19.9 Å². The highest BCUT2D eigenvalue weighted by Crippen LogP contribution is 2.23. The minimum absolute atomic E-state index is 0.145. The molecule has 0 fully saturated rings. The maximum Gasteiger partial charge on any atom is 0.338 e. The maximum absolute atomic E-state index is 12.5. The Hall–Kier alpha value is -2.26. The Morgan fingerprint density at radius 2 is 2.11 bits per heavy atom. The maximum atomic E-state index is 12.5. The van der Waals surface area contributed by atoms with Crippen LogP contribution in [-0.4, -0.2) is 33.0 Å². The summed E-state index contributed by atoms with van der Waals surface area (Å²) in [5.41, 5.74) is 1.56. The summed E-state index contributed by atoms with van der Waals surface area (Å²) in [6.45, 7) is 6.15. The Morgan fingerprint density at radius 3 is 2.82 bits per heavy atom. The number of thiazole rings is 1. The summed E-state index contributed by atoms with van der Waals surface area (Å²) in [5.74, 6) is 0.668. The van der Waals surface area contributed by atoms with Crippen LogP contribution >= 0.6 is 23.1 Å². The van der Waals surface area contributed by atoms with Crippen molar-refractivity contribution in [3.8, 4) is 0 Å². The number of methoxy groups -OCH3 is 1. The average molecular weight is 419 g/mol. The number of ether oxygens (including phenoxy) is 1. The number of aromatic amines is 1. The first kappa shape index (κ1) is 20.5. The molecular weight excluding hydrogens is 396 g/mol. The number of rotatable bonds is 7. The molecule has 0 amide bonds. The predicted molar refractivity (Wildman–Crippen MR) is 111 cm³/mol. The Kier molecular flexibility index (Phi) is 6.46. The molecule has 7 nitrogen and oxygen atoms in total. The van der Waals surface area contributed by atoms with E-state index in [4.69, 9.17) is 4.74 Å². The van der Waals surface area contributed by atoms with Crippen molar-refractivity contribution in [1.29, 1.82) is 0 Å². The fourth-order valence-electron chi connectivity index (χ4n) is 2.67. The van der Waals surface area contributed by atoms with E-state index in [2.05, 4.69) is 33.8 Å². The van der Waals surface area contributed by atoms with Gasteiger partial charge in [-0.15, -0.1) is 11.3 Å². The molecule has 0 saturated heterocycles. The summed E-state index contributed by atoms with van der Waals surface area (Å²) < 4.78 is 4.77. The summed E-state index contributed by atoms with van der Waals surface area (Å²) in [6.07, 6.45) is 2.10. The molecular formula is C19H22N4O3S2. The number of nitrogens with one attached hydrogen (secondary N) is 1. The van der Waals surface area contributed by atoms with E-state index >= 15 is 0 Å². The van der Waals surface area contributed by atoms with Crippen LogP contribution in [0.2, 0.25) is 0 Å². The SMILES string of the molecule is COC(=O)c1cc(C)nc2nc(SCc3csc(CCC(C)C)n3)[nH]c(=O)c12. The van der Waals surface area contributed by atoms with Crippen molar-refractivity contribution < 1.29 is 9.53 Å². The number of carbonyl (C=O) groups excluding carboxylic acids is 1. The molecule has 148 valence electrons. The summed E-state index contributed by atoms with van der Waals surface area (Å²) >= 11 is 3.05. The summed E-state index contributed by atoms with van der Waals surface area (Å²) in [5, 5.41) is 3.76.